The second-order valence-corrected chi connectivity index (χ2v) is 7.64. The molecule has 2 aromatic rings. The lowest BCUT2D eigenvalue weighted by molar-refractivity contribution is -0.191. The molecule has 1 unspecified atom stereocenters. The molecule has 1 atom stereocenters. The number of hydrogen-bond acceptors (Lipinski definition) is 5. The number of methoxy groups -OCH3 is 2. The first-order valence-electron chi connectivity index (χ1n) is 9.02. The zero-order valence-electron chi connectivity index (χ0n) is 15.9. The maximum atomic E-state index is 11.4. The molecule has 0 spiro atoms. The summed E-state index contributed by atoms with van der Waals surface area (Å²) in [5.41, 5.74) is 1.83. The van der Waals surface area contributed by atoms with Crippen molar-refractivity contribution < 1.29 is 14.7 Å². The van der Waals surface area contributed by atoms with Gasteiger partial charge in [0.25, 0.3) is 0 Å². The molecule has 140 valence electrons. The molecule has 0 aromatic heterocycles. The van der Waals surface area contributed by atoms with Crippen molar-refractivity contribution >= 4 is 11.8 Å². The number of thioether (sulfide) groups is 1. The molecule has 0 fully saturated rings. The molecule has 0 bridgehead atoms. The van der Waals surface area contributed by atoms with Crippen molar-refractivity contribution in [2.24, 2.45) is 0 Å². The van der Waals surface area contributed by atoms with E-state index in [0.29, 0.717) is 5.75 Å². The lowest BCUT2D eigenvalue weighted by atomic mass is 9.89. The molecule has 1 aliphatic rings. The summed E-state index contributed by atoms with van der Waals surface area (Å²) in [5.74, 6) is 2.22. The van der Waals surface area contributed by atoms with E-state index in [1.54, 1.807) is 31.0 Å². The van der Waals surface area contributed by atoms with E-state index in [9.17, 15) is 5.21 Å². The molecular formula is C21H27NO3S. The van der Waals surface area contributed by atoms with Crippen LogP contribution in [0.15, 0.2) is 47.4 Å². The lowest BCUT2D eigenvalue weighted by Gasteiger charge is -2.41. The molecule has 5 heteroatoms. The second-order valence-electron chi connectivity index (χ2n) is 6.62. The molecule has 3 rings (SSSR count). The molecule has 1 aliphatic heterocycles. The first kappa shape index (κ1) is 19.1. The monoisotopic (exact) mass is 373 g/mol. The van der Waals surface area contributed by atoms with E-state index < -0.39 is 0 Å². The smallest absolute Gasteiger partial charge is 0.161 e. The van der Waals surface area contributed by atoms with E-state index in [0.717, 1.165) is 40.4 Å². The van der Waals surface area contributed by atoms with Crippen LogP contribution in [0.5, 0.6) is 11.5 Å². The van der Waals surface area contributed by atoms with Crippen LogP contribution >= 0.6 is 11.8 Å². The predicted octanol–water partition coefficient (Wildman–Crippen LogP) is 5.15. The van der Waals surface area contributed by atoms with Crippen LogP contribution in [0.1, 0.15) is 43.9 Å². The van der Waals surface area contributed by atoms with Crippen LogP contribution in [0.25, 0.3) is 0 Å². The number of rotatable bonds is 5. The Hall–Kier alpha value is -1.69. The number of benzene rings is 2. The van der Waals surface area contributed by atoms with Gasteiger partial charge in [-0.05, 0) is 36.1 Å². The SMILES string of the molecule is CCC1(CC)CSc2cc(OC)c(OC)cc2C(c2ccccc2)N1O. The highest BCUT2D eigenvalue weighted by Gasteiger charge is 2.42. The van der Waals surface area contributed by atoms with E-state index in [1.165, 1.54) is 0 Å². The number of nitrogens with zero attached hydrogens (tertiary/aromatic N) is 1. The van der Waals surface area contributed by atoms with Gasteiger partial charge in [0.2, 0.25) is 0 Å². The molecule has 26 heavy (non-hydrogen) atoms. The molecule has 0 aliphatic carbocycles. The van der Waals surface area contributed by atoms with Gasteiger partial charge in [0.15, 0.2) is 11.5 Å². The number of hydroxylamine groups is 2. The lowest BCUT2D eigenvalue weighted by Crippen LogP contribution is -2.49. The van der Waals surface area contributed by atoms with Crippen LogP contribution in [-0.4, -0.2) is 35.8 Å². The third-order valence-corrected chi connectivity index (χ3v) is 6.82. The fourth-order valence-electron chi connectivity index (χ4n) is 3.63. The first-order chi connectivity index (χ1) is 12.6. The van der Waals surface area contributed by atoms with Gasteiger partial charge >= 0.3 is 0 Å². The fourth-order valence-corrected chi connectivity index (χ4v) is 5.13. The normalized spacial score (nSPS) is 19.5. The summed E-state index contributed by atoms with van der Waals surface area (Å²) in [5, 5.41) is 13.0. The first-order valence-corrected chi connectivity index (χ1v) is 10.0. The van der Waals surface area contributed by atoms with Crippen molar-refractivity contribution in [3.05, 3.63) is 53.6 Å². The molecular weight excluding hydrogens is 346 g/mol. The molecule has 2 aromatic carbocycles. The highest BCUT2D eigenvalue weighted by atomic mass is 32.2. The van der Waals surface area contributed by atoms with Gasteiger partial charge in [-0.15, -0.1) is 11.8 Å². The molecule has 4 nitrogen and oxygen atoms in total. The number of ether oxygens (including phenoxy) is 2. The molecule has 0 saturated carbocycles. The molecule has 0 amide bonds. The largest absolute Gasteiger partial charge is 0.493 e. The van der Waals surface area contributed by atoms with Gasteiger partial charge in [0.05, 0.1) is 25.8 Å². The van der Waals surface area contributed by atoms with Crippen LogP contribution in [0.2, 0.25) is 0 Å². The van der Waals surface area contributed by atoms with Crippen molar-refractivity contribution in [1.29, 1.82) is 0 Å². The quantitative estimate of drug-likeness (QED) is 0.785. The van der Waals surface area contributed by atoms with Crippen molar-refractivity contribution in [2.45, 2.75) is 43.2 Å². The Balaban J connectivity index is 2.23. The van der Waals surface area contributed by atoms with Crippen LogP contribution < -0.4 is 9.47 Å². The Labute approximate surface area is 160 Å². The van der Waals surface area contributed by atoms with Crippen molar-refractivity contribution in [3.8, 4) is 11.5 Å². The summed E-state index contributed by atoms with van der Waals surface area (Å²) in [6.45, 7) is 4.29. The Morgan fingerprint density at radius 2 is 1.69 bits per heavy atom. The second kappa shape index (κ2) is 7.91. The van der Waals surface area contributed by atoms with E-state index in [2.05, 4.69) is 26.0 Å². The Morgan fingerprint density at radius 1 is 1.08 bits per heavy atom. The predicted molar refractivity (Wildman–Crippen MR) is 105 cm³/mol. The zero-order chi connectivity index (χ0) is 18.7. The minimum atomic E-state index is -0.287. The highest BCUT2D eigenvalue weighted by molar-refractivity contribution is 7.99. The van der Waals surface area contributed by atoms with Gasteiger partial charge < -0.3 is 14.7 Å². The third-order valence-electron chi connectivity index (χ3n) is 5.47. The average molecular weight is 374 g/mol. The minimum absolute atomic E-state index is 0.249. The Kier molecular flexibility index (Phi) is 5.80. The van der Waals surface area contributed by atoms with Crippen LogP contribution in [0.4, 0.5) is 0 Å². The van der Waals surface area contributed by atoms with Gasteiger partial charge in [-0.3, -0.25) is 0 Å². The van der Waals surface area contributed by atoms with E-state index in [-0.39, 0.29) is 11.6 Å². The van der Waals surface area contributed by atoms with Crippen LogP contribution in [-0.2, 0) is 0 Å². The summed E-state index contributed by atoms with van der Waals surface area (Å²) in [6, 6.07) is 14.0. The molecule has 1 heterocycles. The number of hydrogen-bond donors (Lipinski definition) is 1. The summed E-state index contributed by atoms with van der Waals surface area (Å²) in [4.78, 5) is 1.12. The topological polar surface area (TPSA) is 41.9 Å². The van der Waals surface area contributed by atoms with Crippen molar-refractivity contribution in [2.75, 3.05) is 20.0 Å². The number of fused-ring (bicyclic) bond motifs is 1. The van der Waals surface area contributed by atoms with Gasteiger partial charge in [0, 0.05) is 10.6 Å². The van der Waals surface area contributed by atoms with Crippen molar-refractivity contribution in [3.63, 3.8) is 0 Å². The standard InChI is InChI=1S/C21H27NO3S/c1-5-21(6-2)14-26-19-13-18(25-4)17(24-3)12-16(19)20(22(21)23)15-10-8-7-9-11-15/h7-13,20,23H,5-6,14H2,1-4H3. The Bertz CT molecular complexity index is 746. The van der Waals surface area contributed by atoms with Crippen LogP contribution in [0.3, 0.4) is 0 Å². The third kappa shape index (κ3) is 3.20. The fraction of sp³-hybridized carbons (Fsp3) is 0.429. The van der Waals surface area contributed by atoms with Gasteiger partial charge in [0.1, 0.15) is 0 Å². The van der Waals surface area contributed by atoms with Gasteiger partial charge in [-0.1, -0.05) is 44.2 Å². The molecule has 1 N–H and O–H groups in total. The van der Waals surface area contributed by atoms with Crippen molar-refractivity contribution in [1.82, 2.24) is 5.06 Å². The summed E-state index contributed by atoms with van der Waals surface area (Å²) in [6.07, 6.45) is 1.75. The maximum Gasteiger partial charge on any atom is 0.161 e. The minimum Gasteiger partial charge on any atom is -0.493 e. The summed E-state index contributed by atoms with van der Waals surface area (Å²) < 4.78 is 11.0. The highest BCUT2D eigenvalue weighted by Crippen LogP contribution is 2.48. The maximum absolute atomic E-state index is 11.4. The average Bonchev–Trinajstić information content (AvgIpc) is 2.81. The van der Waals surface area contributed by atoms with Gasteiger partial charge in [-0.25, -0.2) is 0 Å². The Morgan fingerprint density at radius 3 is 2.27 bits per heavy atom. The van der Waals surface area contributed by atoms with Crippen LogP contribution in [0, 0.1) is 0 Å². The summed E-state index contributed by atoms with van der Waals surface area (Å²) >= 11 is 1.78. The molecule has 0 radical (unpaired) electrons. The zero-order valence-corrected chi connectivity index (χ0v) is 16.7. The molecule has 0 saturated heterocycles. The van der Waals surface area contributed by atoms with E-state index in [1.807, 2.05) is 30.3 Å². The van der Waals surface area contributed by atoms with Gasteiger partial charge in [-0.2, -0.15) is 5.06 Å². The van der Waals surface area contributed by atoms with E-state index in [4.69, 9.17) is 9.47 Å². The summed E-state index contributed by atoms with van der Waals surface area (Å²) in [7, 11) is 3.30. The van der Waals surface area contributed by atoms with E-state index >= 15 is 0 Å².